The van der Waals surface area contributed by atoms with Gasteiger partial charge in [0.2, 0.25) is 0 Å². The molecule has 0 aliphatic heterocycles. The van der Waals surface area contributed by atoms with Gasteiger partial charge in [0.1, 0.15) is 0 Å². The van der Waals surface area contributed by atoms with Crippen LogP contribution in [-0.4, -0.2) is 25.0 Å². The van der Waals surface area contributed by atoms with Gasteiger partial charge < -0.3 is 15.8 Å². The first-order valence-corrected chi connectivity index (χ1v) is 6.91. The molecule has 0 spiro atoms. The molecule has 0 radical (unpaired) electrons. The van der Waals surface area contributed by atoms with Crippen LogP contribution in [0.15, 0.2) is 48.5 Å². The minimum absolute atomic E-state index is 0.154. The Morgan fingerprint density at radius 1 is 0.875 bits per heavy atom. The number of methoxy groups -OCH3 is 1. The third-order valence-electron chi connectivity index (χ3n) is 3.04. The van der Waals surface area contributed by atoms with Crippen molar-refractivity contribution in [2.75, 3.05) is 18.2 Å². The maximum atomic E-state index is 12.3. The van der Waals surface area contributed by atoms with Crippen molar-refractivity contribution in [3.05, 3.63) is 59.7 Å². The van der Waals surface area contributed by atoms with Crippen molar-refractivity contribution < 1.29 is 19.1 Å². The van der Waals surface area contributed by atoms with Gasteiger partial charge in [-0.25, -0.2) is 20.4 Å². The summed E-state index contributed by atoms with van der Waals surface area (Å²) in [6.45, 7) is 0. The maximum absolute atomic E-state index is 12.3. The second-order valence-electron chi connectivity index (χ2n) is 4.72. The van der Waals surface area contributed by atoms with Crippen molar-refractivity contribution in [2.45, 2.75) is 0 Å². The molecule has 2 aromatic rings. The van der Waals surface area contributed by atoms with Crippen molar-refractivity contribution in [2.24, 2.45) is 0 Å². The van der Waals surface area contributed by atoms with E-state index in [0.29, 0.717) is 22.5 Å². The molecule has 0 saturated carbocycles. The number of carbonyl (C=O) groups is 3. The number of benzene rings is 2. The van der Waals surface area contributed by atoms with Gasteiger partial charge in [0.25, 0.3) is 0 Å². The first-order valence-electron chi connectivity index (χ1n) is 6.91. The molecule has 0 saturated heterocycles. The van der Waals surface area contributed by atoms with E-state index < -0.39 is 12.1 Å². The first kappa shape index (κ1) is 16.8. The average Bonchev–Trinajstić information content (AvgIpc) is 2.60. The van der Waals surface area contributed by atoms with E-state index in [4.69, 9.17) is 5.73 Å². The molecule has 0 bridgehead atoms. The van der Waals surface area contributed by atoms with Crippen molar-refractivity contribution in [1.29, 1.82) is 0 Å². The molecule has 0 fully saturated rings. The topological polar surface area (TPSA) is 123 Å². The largest absolute Gasteiger partial charge is 0.452 e. The lowest BCUT2D eigenvalue weighted by Crippen LogP contribution is -2.43. The predicted octanol–water partition coefficient (Wildman–Crippen LogP) is 1.89. The molecule has 0 atom stereocenters. The van der Waals surface area contributed by atoms with E-state index in [-0.39, 0.29) is 5.78 Å². The Kier molecular flexibility index (Phi) is 5.35. The van der Waals surface area contributed by atoms with E-state index in [1.807, 2.05) is 5.43 Å². The lowest BCUT2D eigenvalue weighted by molar-refractivity contribution is 0.103. The van der Waals surface area contributed by atoms with Crippen LogP contribution in [0, 0.1) is 0 Å². The highest BCUT2D eigenvalue weighted by Crippen LogP contribution is 2.15. The molecule has 3 amide bonds. The van der Waals surface area contributed by atoms with E-state index >= 15 is 0 Å². The van der Waals surface area contributed by atoms with Gasteiger partial charge in [-0.3, -0.25) is 4.79 Å². The first-order chi connectivity index (χ1) is 11.5. The molecule has 0 aromatic heterocycles. The number of nitrogen functional groups attached to an aromatic ring is 1. The summed E-state index contributed by atoms with van der Waals surface area (Å²) in [6.07, 6.45) is -0.797. The van der Waals surface area contributed by atoms with Crippen LogP contribution < -0.4 is 21.9 Å². The number of carbonyl (C=O) groups excluding carboxylic acids is 3. The Morgan fingerprint density at radius 2 is 1.42 bits per heavy atom. The Morgan fingerprint density at radius 3 is 1.96 bits per heavy atom. The smallest absolute Gasteiger partial charge is 0.425 e. The number of hydrogen-bond acceptors (Lipinski definition) is 5. The van der Waals surface area contributed by atoms with Gasteiger partial charge in [-0.05, 0) is 48.5 Å². The Bertz CT molecular complexity index is 742. The Labute approximate surface area is 138 Å². The zero-order valence-corrected chi connectivity index (χ0v) is 12.8. The van der Waals surface area contributed by atoms with Crippen molar-refractivity contribution >= 4 is 29.3 Å². The molecule has 8 nitrogen and oxygen atoms in total. The molecule has 124 valence electrons. The number of hydrogen-bond donors (Lipinski definition) is 4. The lowest BCUT2D eigenvalue weighted by atomic mass is 10.0. The zero-order valence-electron chi connectivity index (χ0n) is 12.8. The quantitative estimate of drug-likeness (QED) is 0.389. The lowest BCUT2D eigenvalue weighted by Gasteiger charge is -2.08. The number of nitrogens with two attached hydrogens (primary N) is 1. The minimum atomic E-state index is -0.797. The highest BCUT2D eigenvalue weighted by Gasteiger charge is 2.09. The van der Waals surface area contributed by atoms with E-state index in [1.54, 1.807) is 48.5 Å². The maximum Gasteiger partial charge on any atom is 0.425 e. The highest BCUT2D eigenvalue weighted by atomic mass is 16.5. The van der Waals surface area contributed by atoms with Crippen LogP contribution >= 0.6 is 0 Å². The molecule has 8 heteroatoms. The van der Waals surface area contributed by atoms with Gasteiger partial charge in [0, 0.05) is 22.5 Å². The number of amides is 3. The summed E-state index contributed by atoms with van der Waals surface area (Å²) in [5.41, 5.74) is 11.7. The number of rotatable bonds is 3. The van der Waals surface area contributed by atoms with Crippen molar-refractivity contribution in [1.82, 2.24) is 10.9 Å². The predicted molar refractivity (Wildman–Crippen MR) is 88.4 cm³/mol. The summed E-state index contributed by atoms with van der Waals surface area (Å²) in [6, 6.07) is 12.3. The summed E-state index contributed by atoms with van der Waals surface area (Å²) in [5.74, 6) is -0.154. The third-order valence-corrected chi connectivity index (χ3v) is 3.04. The molecular weight excluding hydrogens is 312 g/mol. The van der Waals surface area contributed by atoms with Gasteiger partial charge in [0.05, 0.1) is 7.11 Å². The number of nitrogens with one attached hydrogen (secondary N) is 3. The number of ketones is 1. The second kappa shape index (κ2) is 7.63. The zero-order chi connectivity index (χ0) is 17.5. The normalized spacial score (nSPS) is 9.71. The standard InChI is InChI=1S/C16H16N4O4/c1-24-16(23)20-19-15(22)18-13-8-4-11(5-9-13)14(21)10-2-6-12(17)7-3-10/h2-9H,17H2,1H3,(H,20,23)(H2,18,19,22). The van der Waals surface area contributed by atoms with E-state index in [9.17, 15) is 14.4 Å². The number of hydrazine groups is 1. The molecule has 0 heterocycles. The fourth-order valence-electron chi connectivity index (χ4n) is 1.83. The molecule has 0 unspecified atom stereocenters. The van der Waals surface area contributed by atoms with Gasteiger partial charge in [0.15, 0.2) is 5.78 Å². The fraction of sp³-hybridized carbons (Fsp3) is 0.0625. The molecular formula is C16H16N4O4. The van der Waals surface area contributed by atoms with Gasteiger partial charge in [-0.1, -0.05) is 0 Å². The van der Waals surface area contributed by atoms with Crippen LogP contribution in [0.4, 0.5) is 21.0 Å². The van der Waals surface area contributed by atoms with Crippen LogP contribution in [0.3, 0.4) is 0 Å². The van der Waals surface area contributed by atoms with Crippen molar-refractivity contribution in [3.8, 4) is 0 Å². The molecule has 5 N–H and O–H groups in total. The molecule has 2 aromatic carbocycles. The van der Waals surface area contributed by atoms with Crippen LogP contribution in [-0.2, 0) is 4.74 Å². The molecule has 24 heavy (non-hydrogen) atoms. The van der Waals surface area contributed by atoms with Crippen molar-refractivity contribution in [3.63, 3.8) is 0 Å². The molecule has 0 aliphatic carbocycles. The van der Waals surface area contributed by atoms with E-state index in [2.05, 4.69) is 15.5 Å². The number of urea groups is 1. The summed E-state index contributed by atoms with van der Waals surface area (Å²) >= 11 is 0. The number of ether oxygens (including phenoxy) is 1. The summed E-state index contributed by atoms with van der Waals surface area (Å²) in [5, 5.41) is 2.49. The second-order valence-corrected chi connectivity index (χ2v) is 4.72. The summed E-state index contributed by atoms with van der Waals surface area (Å²) in [7, 11) is 1.17. The van der Waals surface area contributed by atoms with Crippen LogP contribution in [0.5, 0.6) is 0 Å². The molecule has 2 rings (SSSR count). The highest BCUT2D eigenvalue weighted by molar-refractivity contribution is 6.09. The summed E-state index contributed by atoms with van der Waals surface area (Å²) in [4.78, 5) is 34.7. The van der Waals surface area contributed by atoms with Crippen LogP contribution in [0.2, 0.25) is 0 Å². The fourth-order valence-corrected chi connectivity index (χ4v) is 1.83. The molecule has 0 aliphatic rings. The van der Waals surface area contributed by atoms with Gasteiger partial charge in [-0.2, -0.15) is 0 Å². The summed E-state index contributed by atoms with van der Waals surface area (Å²) < 4.78 is 4.30. The minimum Gasteiger partial charge on any atom is -0.452 e. The Hall–Kier alpha value is -3.55. The van der Waals surface area contributed by atoms with Crippen LogP contribution in [0.25, 0.3) is 0 Å². The number of anilines is 2. The Balaban J connectivity index is 1.97. The van der Waals surface area contributed by atoms with Crippen LogP contribution in [0.1, 0.15) is 15.9 Å². The van der Waals surface area contributed by atoms with E-state index in [1.165, 1.54) is 7.11 Å². The third kappa shape index (κ3) is 4.47. The van der Waals surface area contributed by atoms with E-state index in [0.717, 1.165) is 0 Å². The average molecular weight is 328 g/mol. The SMILES string of the molecule is COC(=O)NNC(=O)Nc1ccc(C(=O)c2ccc(N)cc2)cc1. The monoisotopic (exact) mass is 328 g/mol. The van der Waals surface area contributed by atoms with Gasteiger partial charge in [-0.15, -0.1) is 0 Å². The van der Waals surface area contributed by atoms with Gasteiger partial charge >= 0.3 is 12.1 Å².